The van der Waals surface area contributed by atoms with Crippen molar-refractivity contribution < 1.29 is 57.2 Å². The molecule has 1 fully saturated rings. The lowest BCUT2D eigenvalue weighted by Crippen LogP contribution is -2.62. The van der Waals surface area contributed by atoms with Crippen molar-refractivity contribution in [2.75, 3.05) is 39.3 Å². The van der Waals surface area contributed by atoms with Gasteiger partial charge in [-0.15, -0.1) is 0 Å². The molecule has 1 unspecified atom stereocenters. The fourth-order valence-corrected chi connectivity index (χ4v) is 7.34. The van der Waals surface area contributed by atoms with E-state index in [1.807, 2.05) is 77.4 Å². The molecule has 0 amide bonds. The Labute approximate surface area is 386 Å². The van der Waals surface area contributed by atoms with Crippen molar-refractivity contribution in [1.82, 2.24) is 14.7 Å². The van der Waals surface area contributed by atoms with Gasteiger partial charge in [-0.1, -0.05) is 60.7 Å². The molecule has 362 valence electrons. The lowest BCUT2D eigenvalue weighted by molar-refractivity contribution is -0.168. The van der Waals surface area contributed by atoms with Crippen LogP contribution < -0.4 is 0 Å². The minimum atomic E-state index is -1.22. The summed E-state index contributed by atoms with van der Waals surface area (Å²) >= 11 is 0. The number of rotatable bonds is 19. The van der Waals surface area contributed by atoms with Gasteiger partial charge in [-0.05, 0) is 114 Å². The Balaban J connectivity index is 2.13. The quantitative estimate of drug-likeness (QED) is 0.106. The summed E-state index contributed by atoms with van der Waals surface area (Å²) in [4.78, 5) is 88.1. The third kappa shape index (κ3) is 20.9. The minimum Gasteiger partial charge on any atom is -0.461 e. The van der Waals surface area contributed by atoms with E-state index in [0.29, 0.717) is 0 Å². The molecule has 2 aromatic rings. The van der Waals surface area contributed by atoms with E-state index in [9.17, 15) is 28.8 Å². The van der Waals surface area contributed by atoms with E-state index in [4.69, 9.17) is 28.4 Å². The van der Waals surface area contributed by atoms with Gasteiger partial charge in [-0.25, -0.2) is 0 Å². The largest absolute Gasteiger partial charge is 0.461 e. The van der Waals surface area contributed by atoms with Gasteiger partial charge < -0.3 is 28.4 Å². The van der Waals surface area contributed by atoms with Crippen molar-refractivity contribution in [2.45, 2.75) is 169 Å². The van der Waals surface area contributed by atoms with Gasteiger partial charge in [0.15, 0.2) is 0 Å². The van der Waals surface area contributed by atoms with Gasteiger partial charge in [0, 0.05) is 44.6 Å². The Morgan fingerprint density at radius 3 is 1.15 bits per heavy atom. The number of carbonyl (C=O) groups is 6. The zero-order valence-corrected chi connectivity index (χ0v) is 41.2. The second kappa shape index (κ2) is 23.5. The van der Waals surface area contributed by atoms with Crippen LogP contribution in [0.25, 0.3) is 0 Å². The third-order valence-corrected chi connectivity index (χ3v) is 9.97. The molecule has 0 bridgehead atoms. The van der Waals surface area contributed by atoms with Crippen LogP contribution in [0.4, 0.5) is 0 Å². The number of carbonyl (C=O) groups excluding carboxylic acids is 6. The first kappa shape index (κ1) is 54.5. The SMILES string of the molecule is CC(C)(C)OC(=O)CN(CC(=O)OC(C)(C)C)C1(C)CN([C@H](CCC(=O)OCc2ccccc2)C(=O)OC(C)(C)C)CCN([C@@H](CCC(=O)OCc2ccccc2)C(=O)OC(C)(C)C)C1. The Morgan fingerprint density at radius 2 is 0.846 bits per heavy atom. The highest BCUT2D eigenvalue weighted by atomic mass is 16.6. The smallest absolute Gasteiger partial charge is 0.323 e. The lowest BCUT2D eigenvalue weighted by Gasteiger charge is -2.45. The molecule has 65 heavy (non-hydrogen) atoms. The fourth-order valence-electron chi connectivity index (χ4n) is 7.34. The highest BCUT2D eigenvalue weighted by Gasteiger charge is 2.46. The van der Waals surface area contributed by atoms with Crippen molar-refractivity contribution in [3.05, 3.63) is 71.8 Å². The topological polar surface area (TPSA) is 168 Å². The summed E-state index contributed by atoms with van der Waals surface area (Å²) in [5.41, 5.74) is -3.08. The molecule has 2 aromatic carbocycles. The lowest BCUT2D eigenvalue weighted by atomic mass is 9.95. The van der Waals surface area contributed by atoms with Crippen LogP contribution in [0.5, 0.6) is 0 Å². The highest BCUT2D eigenvalue weighted by molar-refractivity contribution is 5.79. The van der Waals surface area contributed by atoms with E-state index >= 15 is 0 Å². The predicted molar refractivity (Wildman–Crippen MR) is 245 cm³/mol. The Bertz CT molecular complexity index is 1750. The van der Waals surface area contributed by atoms with Crippen molar-refractivity contribution in [1.29, 1.82) is 0 Å². The molecular weight excluding hydrogens is 835 g/mol. The molecule has 0 spiro atoms. The molecule has 0 aromatic heterocycles. The zero-order valence-electron chi connectivity index (χ0n) is 41.2. The molecule has 3 atom stereocenters. The Kier molecular flexibility index (Phi) is 19.7. The van der Waals surface area contributed by atoms with Gasteiger partial charge >= 0.3 is 35.8 Å². The Morgan fingerprint density at radius 1 is 0.523 bits per heavy atom. The van der Waals surface area contributed by atoms with Crippen molar-refractivity contribution in [2.24, 2.45) is 0 Å². The summed E-state index contributed by atoms with van der Waals surface area (Å²) < 4.78 is 34.7. The third-order valence-electron chi connectivity index (χ3n) is 9.97. The summed E-state index contributed by atoms with van der Waals surface area (Å²) in [5, 5.41) is 0. The molecule has 1 saturated heterocycles. The van der Waals surface area contributed by atoms with E-state index in [1.165, 1.54) is 0 Å². The average Bonchev–Trinajstić information content (AvgIpc) is 3.33. The number of hydrogen-bond donors (Lipinski definition) is 0. The van der Waals surface area contributed by atoms with Gasteiger partial charge in [0.25, 0.3) is 0 Å². The molecule has 3 rings (SSSR count). The second-order valence-corrected chi connectivity index (χ2v) is 20.9. The number of hydrogen-bond acceptors (Lipinski definition) is 15. The van der Waals surface area contributed by atoms with Gasteiger partial charge in [0.1, 0.15) is 47.7 Å². The standard InChI is InChI=1S/C50H75N3O12/c1-46(2,3)62-42(56)30-53(31-43(57)63-47(4,5)6)50(13)34-51(38(44(58)64-48(7,8)9)24-26-40(54)60-32-36-20-16-14-17-21-36)28-29-52(35-50)39(45(59)65-49(10,11)12)25-27-41(55)61-33-37-22-18-15-19-23-37/h14-23,38-39H,24-35H2,1-13H3/t38-,39+,50?. The van der Waals surface area contributed by atoms with Crippen LogP contribution in [-0.4, -0.2) is 130 Å². The van der Waals surface area contributed by atoms with Crippen LogP contribution in [0.2, 0.25) is 0 Å². The normalized spacial score (nSPS) is 17.6. The fraction of sp³-hybridized carbons (Fsp3) is 0.640. The van der Waals surface area contributed by atoms with E-state index in [0.717, 1.165) is 11.1 Å². The van der Waals surface area contributed by atoms with E-state index in [1.54, 1.807) is 88.0 Å². The van der Waals surface area contributed by atoms with Crippen LogP contribution in [0, 0.1) is 0 Å². The van der Waals surface area contributed by atoms with Crippen LogP contribution in [0.1, 0.15) is 127 Å². The summed E-state index contributed by atoms with van der Waals surface area (Å²) in [5.74, 6) is -3.41. The van der Waals surface area contributed by atoms with Crippen molar-refractivity contribution in [3.8, 4) is 0 Å². The summed E-state index contributed by atoms with van der Waals surface area (Å²) in [6.45, 7) is 22.7. The first-order chi connectivity index (χ1) is 30.0. The van der Waals surface area contributed by atoms with Crippen molar-refractivity contribution >= 4 is 35.8 Å². The molecule has 0 N–H and O–H groups in total. The molecule has 15 nitrogen and oxygen atoms in total. The van der Waals surface area contributed by atoms with Gasteiger partial charge in [-0.3, -0.25) is 43.5 Å². The number of ether oxygens (including phenoxy) is 6. The maximum Gasteiger partial charge on any atom is 0.323 e. The maximum absolute atomic E-state index is 14.3. The van der Waals surface area contributed by atoms with E-state index in [-0.39, 0.29) is 78.2 Å². The number of benzene rings is 2. The first-order valence-electron chi connectivity index (χ1n) is 22.5. The molecular formula is C50H75N3O12. The predicted octanol–water partition coefficient (Wildman–Crippen LogP) is 6.82. The summed E-state index contributed by atoms with van der Waals surface area (Å²) in [7, 11) is 0. The summed E-state index contributed by atoms with van der Waals surface area (Å²) in [6, 6.07) is 16.5. The number of nitrogens with zero attached hydrogens (tertiary/aromatic N) is 3. The van der Waals surface area contributed by atoms with Gasteiger partial charge in [-0.2, -0.15) is 0 Å². The van der Waals surface area contributed by atoms with Crippen LogP contribution in [0.15, 0.2) is 60.7 Å². The number of esters is 6. The molecule has 1 aliphatic rings. The molecule has 1 aliphatic heterocycles. The monoisotopic (exact) mass is 910 g/mol. The van der Waals surface area contributed by atoms with Gasteiger partial charge in [0.2, 0.25) is 0 Å². The Hall–Kier alpha value is -4.86. The average molecular weight is 910 g/mol. The second-order valence-electron chi connectivity index (χ2n) is 20.9. The van der Waals surface area contributed by atoms with Crippen LogP contribution in [-0.2, 0) is 70.4 Å². The first-order valence-corrected chi connectivity index (χ1v) is 22.5. The van der Waals surface area contributed by atoms with E-state index < -0.39 is 75.8 Å². The zero-order chi connectivity index (χ0) is 48.8. The van der Waals surface area contributed by atoms with Gasteiger partial charge in [0.05, 0.1) is 13.1 Å². The maximum atomic E-state index is 14.3. The van der Waals surface area contributed by atoms with Crippen LogP contribution in [0.3, 0.4) is 0 Å². The molecule has 0 aliphatic carbocycles. The molecule has 15 heteroatoms. The van der Waals surface area contributed by atoms with Crippen LogP contribution >= 0.6 is 0 Å². The summed E-state index contributed by atoms with van der Waals surface area (Å²) in [6.07, 6.45) is -0.226. The highest BCUT2D eigenvalue weighted by Crippen LogP contribution is 2.29. The van der Waals surface area contributed by atoms with E-state index in [2.05, 4.69) is 0 Å². The molecule has 0 saturated carbocycles. The van der Waals surface area contributed by atoms with Crippen molar-refractivity contribution in [3.63, 3.8) is 0 Å². The molecule has 0 radical (unpaired) electrons. The minimum absolute atomic E-state index is 0.0134. The molecule has 1 heterocycles.